The molecule has 1 aromatic rings. The fourth-order valence-electron chi connectivity index (χ4n) is 2.06. The topological polar surface area (TPSA) is 0 Å². The van der Waals surface area contributed by atoms with E-state index >= 15 is 0 Å². The Balaban J connectivity index is 2.31. The Morgan fingerprint density at radius 2 is 2.07 bits per heavy atom. The predicted octanol–water partition coefficient (Wildman–Crippen LogP) is 3.84. The summed E-state index contributed by atoms with van der Waals surface area (Å²) in [6, 6.07) is 6.78. The van der Waals surface area contributed by atoms with Crippen LogP contribution in [0.3, 0.4) is 0 Å². The third kappa shape index (κ3) is 1.75. The van der Waals surface area contributed by atoms with E-state index in [9.17, 15) is 0 Å². The van der Waals surface area contributed by atoms with Gasteiger partial charge in [-0.3, -0.25) is 0 Å². The molecule has 74 valence electrons. The molecule has 0 heteroatoms. The largest absolute Gasteiger partial charge is 0.0802 e. The Labute approximate surface area is 86.7 Å². The van der Waals surface area contributed by atoms with E-state index in [1.54, 1.807) is 0 Å². The van der Waals surface area contributed by atoms with Crippen LogP contribution in [0.25, 0.3) is 6.08 Å². The Morgan fingerprint density at radius 1 is 1.29 bits per heavy atom. The molecule has 0 saturated carbocycles. The summed E-state index contributed by atoms with van der Waals surface area (Å²) in [4.78, 5) is 0. The molecule has 0 N–H and O–H groups in total. The van der Waals surface area contributed by atoms with Gasteiger partial charge in [-0.05, 0) is 36.3 Å². The molecule has 1 aliphatic carbocycles. The van der Waals surface area contributed by atoms with Gasteiger partial charge >= 0.3 is 0 Å². The molecule has 0 nitrogen and oxygen atoms in total. The first kappa shape index (κ1) is 9.51. The zero-order valence-electron chi connectivity index (χ0n) is 9.25. The first-order chi connectivity index (χ1) is 6.66. The standard InChI is InChI=1S/C14H18/c1-10(2)12-6-7-13-8-11(3)4-5-14(13)9-12/h4-8,10,12H,9H2,1-3H3. The van der Waals surface area contributed by atoms with Crippen molar-refractivity contribution in [2.24, 2.45) is 11.8 Å². The van der Waals surface area contributed by atoms with E-state index in [0.29, 0.717) is 0 Å². The highest BCUT2D eigenvalue weighted by atomic mass is 14.2. The van der Waals surface area contributed by atoms with Crippen LogP contribution in [0.1, 0.15) is 30.5 Å². The van der Waals surface area contributed by atoms with Gasteiger partial charge in [0.15, 0.2) is 0 Å². The number of benzene rings is 1. The van der Waals surface area contributed by atoms with Crippen molar-refractivity contribution < 1.29 is 0 Å². The monoisotopic (exact) mass is 186 g/mol. The average Bonchev–Trinajstić information content (AvgIpc) is 2.16. The number of aryl methyl sites for hydroxylation is 1. The third-order valence-electron chi connectivity index (χ3n) is 3.14. The summed E-state index contributed by atoms with van der Waals surface area (Å²) >= 11 is 0. The lowest BCUT2D eigenvalue weighted by atomic mass is 9.83. The van der Waals surface area contributed by atoms with Crippen LogP contribution in [-0.4, -0.2) is 0 Å². The summed E-state index contributed by atoms with van der Waals surface area (Å²) in [6.07, 6.45) is 5.87. The fourth-order valence-corrected chi connectivity index (χ4v) is 2.06. The highest BCUT2D eigenvalue weighted by Crippen LogP contribution is 2.27. The molecule has 1 aromatic carbocycles. The van der Waals surface area contributed by atoms with E-state index in [1.165, 1.54) is 23.1 Å². The molecular formula is C14H18. The van der Waals surface area contributed by atoms with Crippen LogP contribution >= 0.6 is 0 Å². The normalized spacial score (nSPS) is 19.9. The van der Waals surface area contributed by atoms with Crippen LogP contribution in [-0.2, 0) is 6.42 Å². The maximum Gasteiger partial charge on any atom is -0.0166 e. The second kappa shape index (κ2) is 3.61. The summed E-state index contributed by atoms with van der Waals surface area (Å²) < 4.78 is 0. The van der Waals surface area contributed by atoms with Gasteiger partial charge in [0, 0.05) is 0 Å². The van der Waals surface area contributed by atoms with Gasteiger partial charge in [-0.15, -0.1) is 0 Å². The van der Waals surface area contributed by atoms with Crippen molar-refractivity contribution in [3.05, 3.63) is 41.0 Å². The van der Waals surface area contributed by atoms with Gasteiger partial charge < -0.3 is 0 Å². The lowest BCUT2D eigenvalue weighted by Gasteiger charge is -2.22. The van der Waals surface area contributed by atoms with Crippen molar-refractivity contribution in [3.8, 4) is 0 Å². The van der Waals surface area contributed by atoms with Crippen LogP contribution in [0.5, 0.6) is 0 Å². The van der Waals surface area contributed by atoms with Crippen LogP contribution in [0.2, 0.25) is 0 Å². The summed E-state index contributed by atoms with van der Waals surface area (Å²) in [5.74, 6) is 1.48. The first-order valence-electron chi connectivity index (χ1n) is 5.44. The minimum Gasteiger partial charge on any atom is -0.0802 e. The summed E-state index contributed by atoms with van der Waals surface area (Å²) in [5.41, 5.74) is 4.29. The zero-order chi connectivity index (χ0) is 10.1. The van der Waals surface area contributed by atoms with Crippen molar-refractivity contribution in [1.29, 1.82) is 0 Å². The van der Waals surface area contributed by atoms with Crippen molar-refractivity contribution in [3.63, 3.8) is 0 Å². The number of rotatable bonds is 1. The maximum atomic E-state index is 2.37. The molecular weight excluding hydrogens is 168 g/mol. The van der Waals surface area contributed by atoms with Gasteiger partial charge in [0.25, 0.3) is 0 Å². The quantitative estimate of drug-likeness (QED) is 0.625. The van der Waals surface area contributed by atoms with E-state index in [0.717, 1.165) is 11.8 Å². The second-order valence-electron chi connectivity index (χ2n) is 4.67. The summed E-state index contributed by atoms with van der Waals surface area (Å²) in [7, 11) is 0. The van der Waals surface area contributed by atoms with Gasteiger partial charge in [0.05, 0.1) is 0 Å². The van der Waals surface area contributed by atoms with E-state index < -0.39 is 0 Å². The second-order valence-corrected chi connectivity index (χ2v) is 4.67. The smallest absolute Gasteiger partial charge is 0.0166 e. The van der Waals surface area contributed by atoms with E-state index in [2.05, 4.69) is 51.1 Å². The minimum absolute atomic E-state index is 0.727. The molecule has 1 aliphatic rings. The zero-order valence-corrected chi connectivity index (χ0v) is 9.25. The molecule has 0 bridgehead atoms. The van der Waals surface area contributed by atoms with Crippen LogP contribution in [0.15, 0.2) is 24.3 Å². The Hall–Kier alpha value is -1.04. The molecule has 0 radical (unpaired) electrons. The predicted molar refractivity (Wildman–Crippen MR) is 62.2 cm³/mol. The van der Waals surface area contributed by atoms with E-state index in [4.69, 9.17) is 0 Å². The van der Waals surface area contributed by atoms with Gasteiger partial charge in [-0.2, -0.15) is 0 Å². The number of allylic oxidation sites excluding steroid dienone is 1. The van der Waals surface area contributed by atoms with Crippen molar-refractivity contribution in [2.75, 3.05) is 0 Å². The highest BCUT2D eigenvalue weighted by molar-refractivity contribution is 5.57. The van der Waals surface area contributed by atoms with Gasteiger partial charge in [0.2, 0.25) is 0 Å². The lowest BCUT2D eigenvalue weighted by Crippen LogP contribution is -2.12. The molecule has 14 heavy (non-hydrogen) atoms. The van der Waals surface area contributed by atoms with Crippen molar-refractivity contribution in [2.45, 2.75) is 27.2 Å². The van der Waals surface area contributed by atoms with Crippen LogP contribution in [0.4, 0.5) is 0 Å². The number of hydrogen-bond acceptors (Lipinski definition) is 0. The molecule has 2 rings (SSSR count). The van der Waals surface area contributed by atoms with Crippen LogP contribution < -0.4 is 0 Å². The molecule has 0 aromatic heterocycles. The number of fused-ring (bicyclic) bond motifs is 1. The maximum absolute atomic E-state index is 2.37. The minimum atomic E-state index is 0.727. The third-order valence-corrected chi connectivity index (χ3v) is 3.14. The summed E-state index contributed by atoms with van der Waals surface area (Å²) in [6.45, 7) is 6.75. The molecule has 1 unspecified atom stereocenters. The molecule has 0 saturated heterocycles. The molecule has 0 amide bonds. The Morgan fingerprint density at radius 3 is 2.79 bits per heavy atom. The molecule has 0 aliphatic heterocycles. The Bertz CT molecular complexity index is 358. The molecule has 0 heterocycles. The fraction of sp³-hybridized carbons (Fsp3) is 0.429. The van der Waals surface area contributed by atoms with Gasteiger partial charge in [0.1, 0.15) is 0 Å². The molecule has 0 fully saturated rings. The SMILES string of the molecule is Cc1ccc2c(c1)C=CC(C(C)C)C2. The average molecular weight is 186 g/mol. The number of hydrogen-bond donors (Lipinski definition) is 0. The highest BCUT2D eigenvalue weighted by Gasteiger charge is 2.16. The lowest BCUT2D eigenvalue weighted by molar-refractivity contribution is 0.461. The van der Waals surface area contributed by atoms with E-state index in [-0.39, 0.29) is 0 Å². The van der Waals surface area contributed by atoms with Gasteiger partial charge in [-0.25, -0.2) is 0 Å². The molecule has 0 spiro atoms. The summed E-state index contributed by atoms with van der Waals surface area (Å²) in [5, 5.41) is 0. The van der Waals surface area contributed by atoms with Crippen molar-refractivity contribution in [1.82, 2.24) is 0 Å². The van der Waals surface area contributed by atoms with E-state index in [1.807, 2.05) is 0 Å². The van der Waals surface area contributed by atoms with Gasteiger partial charge in [-0.1, -0.05) is 49.8 Å². The molecule has 1 atom stereocenters. The Kier molecular flexibility index (Phi) is 2.45. The van der Waals surface area contributed by atoms with Crippen LogP contribution in [0, 0.1) is 18.8 Å². The first-order valence-corrected chi connectivity index (χ1v) is 5.44. The van der Waals surface area contributed by atoms with Crippen molar-refractivity contribution >= 4 is 6.08 Å².